The van der Waals surface area contributed by atoms with Gasteiger partial charge in [0.15, 0.2) is 0 Å². The van der Waals surface area contributed by atoms with Gasteiger partial charge in [-0.1, -0.05) is 41.9 Å². The minimum atomic E-state index is 0.755. The molecule has 0 saturated heterocycles. The number of para-hydroxylation sites is 2. The fourth-order valence-corrected chi connectivity index (χ4v) is 2.09. The van der Waals surface area contributed by atoms with Crippen LogP contribution in [0.2, 0.25) is 0 Å². The van der Waals surface area contributed by atoms with Crippen LogP contribution in [-0.4, -0.2) is 17.4 Å². The molecule has 1 heterocycles. The van der Waals surface area contributed by atoms with E-state index < -0.39 is 0 Å². The largest absolute Gasteiger partial charge is 0.327 e. The molecule has 0 fully saturated rings. The Bertz CT molecular complexity index is 686. The molecule has 0 amide bonds. The van der Waals surface area contributed by atoms with Gasteiger partial charge in [-0.05, 0) is 12.1 Å². The fraction of sp³-hybridized carbons (Fsp3) is 0.0714. The molecule has 0 aliphatic carbocycles. The zero-order valence-electron chi connectivity index (χ0n) is 9.59. The summed E-state index contributed by atoms with van der Waals surface area (Å²) in [4.78, 5) is 4.63. The van der Waals surface area contributed by atoms with Gasteiger partial charge >= 0.3 is 0 Å². The lowest BCUT2D eigenvalue weighted by Gasteiger charge is -2.05. The van der Waals surface area contributed by atoms with E-state index in [9.17, 15) is 0 Å². The summed E-state index contributed by atoms with van der Waals surface area (Å²) in [5.41, 5.74) is 3.84. The first-order chi connectivity index (χ1) is 8.27. The molecule has 0 spiro atoms. The summed E-state index contributed by atoms with van der Waals surface area (Å²) in [5, 5.41) is 0. The van der Waals surface area contributed by atoms with Crippen molar-refractivity contribution in [2.24, 2.45) is 7.05 Å². The Hall–Kier alpha value is -2.03. The first kappa shape index (κ1) is 10.1. The second-order valence-electron chi connectivity index (χ2n) is 4.07. The Kier molecular flexibility index (Phi) is 2.25. The first-order valence-electron chi connectivity index (χ1n) is 5.54. The summed E-state index contributed by atoms with van der Waals surface area (Å²) < 4.78 is 2.07. The molecule has 3 heteroatoms. The molecule has 17 heavy (non-hydrogen) atoms. The van der Waals surface area contributed by atoms with E-state index in [2.05, 4.69) is 15.6 Å². The zero-order chi connectivity index (χ0) is 11.8. The van der Waals surface area contributed by atoms with E-state index in [0.717, 1.165) is 27.9 Å². The number of fused-ring (bicyclic) bond motifs is 1. The van der Waals surface area contributed by atoms with Crippen LogP contribution in [0, 0.1) is 0 Å². The number of hydrogen-bond donors (Lipinski definition) is 0. The Morgan fingerprint density at radius 2 is 1.71 bits per heavy atom. The highest BCUT2D eigenvalue weighted by molar-refractivity contribution is 6.35. The number of imidazole rings is 1. The molecular formula is C14H11BN2. The van der Waals surface area contributed by atoms with Crippen LogP contribution in [0.1, 0.15) is 0 Å². The monoisotopic (exact) mass is 218 g/mol. The van der Waals surface area contributed by atoms with Crippen molar-refractivity contribution < 1.29 is 0 Å². The molecule has 0 bridgehead atoms. The second-order valence-corrected chi connectivity index (χ2v) is 4.07. The van der Waals surface area contributed by atoms with Crippen LogP contribution < -0.4 is 5.46 Å². The SMILES string of the molecule is [B]c1ccccc1-c1nc2ccccc2n1C. The van der Waals surface area contributed by atoms with Gasteiger partial charge in [-0.25, -0.2) is 4.98 Å². The van der Waals surface area contributed by atoms with Gasteiger partial charge in [0.05, 0.1) is 11.0 Å². The lowest BCUT2D eigenvalue weighted by molar-refractivity contribution is 0.960. The molecule has 3 aromatic rings. The zero-order valence-corrected chi connectivity index (χ0v) is 9.59. The lowest BCUT2D eigenvalue weighted by Crippen LogP contribution is -2.08. The maximum Gasteiger partial charge on any atom is 0.140 e. The molecule has 2 nitrogen and oxygen atoms in total. The number of aromatic nitrogens is 2. The average molecular weight is 218 g/mol. The summed E-state index contributed by atoms with van der Waals surface area (Å²) >= 11 is 0. The average Bonchev–Trinajstić information content (AvgIpc) is 2.68. The van der Waals surface area contributed by atoms with Crippen LogP contribution in [0.5, 0.6) is 0 Å². The number of rotatable bonds is 1. The van der Waals surface area contributed by atoms with E-state index in [-0.39, 0.29) is 0 Å². The van der Waals surface area contributed by atoms with E-state index in [1.807, 2.05) is 49.5 Å². The minimum absolute atomic E-state index is 0.755. The summed E-state index contributed by atoms with van der Waals surface area (Å²) in [6.45, 7) is 0. The van der Waals surface area contributed by atoms with E-state index >= 15 is 0 Å². The molecule has 0 unspecified atom stereocenters. The number of nitrogens with zero attached hydrogens (tertiary/aromatic N) is 2. The predicted molar refractivity (Wildman–Crippen MR) is 71.5 cm³/mol. The lowest BCUT2D eigenvalue weighted by atomic mass is 9.90. The molecule has 1 aromatic heterocycles. The van der Waals surface area contributed by atoms with Crippen LogP contribution in [0.4, 0.5) is 0 Å². The molecular weight excluding hydrogens is 207 g/mol. The summed E-state index contributed by atoms with van der Waals surface area (Å²) in [7, 11) is 8.00. The van der Waals surface area contributed by atoms with E-state index in [1.165, 1.54) is 0 Å². The molecule has 3 rings (SSSR count). The van der Waals surface area contributed by atoms with Crippen LogP contribution >= 0.6 is 0 Å². The number of benzene rings is 2. The fourth-order valence-electron chi connectivity index (χ4n) is 2.09. The van der Waals surface area contributed by atoms with Gasteiger partial charge in [-0.3, -0.25) is 0 Å². The van der Waals surface area contributed by atoms with E-state index in [0.29, 0.717) is 0 Å². The van der Waals surface area contributed by atoms with Gasteiger partial charge in [0, 0.05) is 12.6 Å². The quantitative estimate of drug-likeness (QED) is 0.571. The van der Waals surface area contributed by atoms with E-state index in [4.69, 9.17) is 7.85 Å². The molecule has 0 N–H and O–H groups in total. The van der Waals surface area contributed by atoms with Crippen LogP contribution in [0.15, 0.2) is 48.5 Å². The molecule has 80 valence electrons. The minimum Gasteiger partial charge on any atom is -0.327 e. The van der Waals surface area contributed by atoms with Gasteiger partial charge in [-0.15, -0.1) is 0 Å². The smallest absolute Gasteiger partial charge is 0.140 e. The van der Waals surface area contributed by atoms with Gasteiger partial charge in [0.2, 0.25) is 0 Å². The van der Waals surface area contributed by atoms with Crippen molar-refractivity contribution in [1.82, 2.24) is 9.55 Å². The van der Waals surface area contributed by atoms with Gasteiger partial charge in [0.25, 0.3) is 0 Å². The van der Waals surface area contributed by atoms with Gasteiger partial charge in [-0.2, -0.15) is 0 Å². The highest BCUT2D eigenvalue weighted by Crippen LogP contribution is 2.21. The Balaban J connectivity index is 2.32. The predicted octanol–water partition coefficient (Wildman–Crippen LogP) is 2.03. The van der Waals surface area contributed by atoms with Crippen molar-refractivity contribution in [3.05, 3.63) is 48.5 Å². The summed E-state index contributed by atoms with van der Waals surface area (Å²) in [5.74, 6) is 0.907. The Morgan fingerprint density at radius 1 is 1.00 bits per heavy atom. The van der Waals surface area contributed by atoms with Crippen molar-refractivity contribution in [3.63, 3.8) is 0 Å². The Morgan fingerprint density at radius 3 is 2.47 bits per heavy atom. The van der Waals surface area contributed by atoms with E-state index in [1.54, 1.807) is 0 Å². The van der Waals surface area contributed by atoms with Gasteiger partial charge in [0.1, 0.15) is 13.7 Å². The third kappa shape index (κ3) is 1.55. The van der Waals surface area contributed by atoms with Crippen LogP contribution in [0.25, 0.3) is 22.4 Å². The molecule has 0 aliphatic rings. The summed E-state index contributed by atoms with van der Waals surface area (Å²) in [6, 6.07) is 15.9. The van der Waals surface area contributed by atoms with Gasteiger partial charge < -0.3 is 4.57 Å². The van der Waals surface area contributed by atoms with Crippen molar-refractivity contribution in [3.8, 4) is 11.4 Å². The molecule has 0 atom stereocenters. The first-order valence-corrected chi connectivity index (χ1v) is 5.54. The standard InChI is InChI=1S/C14H11BN2/c1-17-13-9-5-4-8-12(13)16-14(17)10-6-2-3-7-11(10)15/h2-9H,1H3. The summed E-state index contributed by atoms with van der Waals surface area (Å²) in [6.07, 6.45) is 0. The Labute approximate surface area is 101 Å². The number of hydrogen-bond acceptors (Lipinski definition) is 1. The molecule has 2 aromatic carbocycles. The number of aryl methyl sites for hydroxylation is 1. The maximum atomic E-state index is 5.99. The molecule has 2 radical (unpaired) electrons. The highest BCUT2D eigenvalue weighted by Gasteiger charge is 2.10. The molecule has 0 aliphatic heterocycles. The van der Waals surface area contributed by atoms with Crippen molar-refractivity contribution in [2.45, 2.75) is 0 Å². The third-order valence-corrected chi connectivity index (χ3v) is 2.99. The third-order valence-electron chi connectivity index (χ3n) is 2.99. The topological polar surface area (TPSA) is 17.8 Å². The van der Waals surface area contributed by atoms with Crippen molar-refractivity contribution >= 4 is 24.3 Å². The second kappa shape index (κ2) is 3.77. The molecule has 0 saturated carbocycles. The van der Waals surface area contributed by atoms with Crippen molar-refractivity contribution in [1.29, 1.82) is 0 Å². The van der Waals surface area contributed by atoms with Crippen molar-refractivity contribution in [2.75, 3.05) is 0 Å². The highest BCUT2D eigenvalue weighted by atomic mass is 15.1. The maximum absolute atomic E-state index is 5.99. The van der Waals surface area contributed by atoms with Crippen LogP contribution in [0.3, 0.4) is 0 Å². The van der Waals surface area contributed by atoms with Crippen LogP contribution in [-0.2, 0) is 7.05 Å². The normalized spacial score (nSPS) is 10.9.